The smallest absolute Gasteiger partial charge is 0.335 e. The highest BCUT2D eigenvalue weighted by molar-refractivity contribution is 5.84. The van der Waals surface area contributed by atoms with Crippen LogP contribution in [0, 0.1) is 0 Å². The minimum Gasteiger partial charge on any atom is -0.479 e. The maximum absolute atomic E-state index is 12.9. The highest BCUT2D eigenvalue weighted by Crippen LogP contribution is 2.32. The number of carbonyl (C=O) groups excluding carboxylic acids is 1. The van der Waals surface area contributed by atoms with E-state index in [-0.39, 0.29) is 17.0 Å². The minimum absolute atomic E-state index is 0.114. The van der Waals surface area contributed by atoms with Crippen LogP contribution in [0.25, 0.3) is 11.2 Å². The fourth-order valence-corrected chi connectivity index (χ4v) is 3.86. The van der Waals surface area contributed by atoms with Crippen molar-refractivity contribution in [3.05, 3.63) is 48.5 Å². The molecule has 2 aromatic heterocycles. The number of hydrogen-bond acceptors (Lipinski definition) is 10. The van der Waals surface area contributed by atoms with Crippen LogP contribution in [0.15, 0.2) is 43.0 Å². The predicted molar refractivity (Wildman–Crippen MR) is 113 cm³/mol. The van der Waals surface area contributed by atoms with E-state index in [0.717, 1.165) is 0 Å². The average molecular weight is 457 g/mol. The van der Waals surface area contributed by atoms with Gasteiger partial charge in [-0.05, 0) is 5.56 Å². The Morgan fingerprint density at radius 1 is 1.24 bits per heavy atom. The molecule has 174 valence electrons. The first-order valence-electron chi connectivity index (χ1n) is 9.96. The van der Waals surface area contributed by atoms with Crippen molar-refractivity contribution in [1.29, 1.82) is 0 Å². The van der Waals surface area contributed by atoms with Crippen molar-refractivity contribution in [1.82, 2.24) is 24.8 Å². The summed E-state index contributed by atoms with van der Waals surface area (Å²) in [6, 6.07) is 6.37. The third kappa shape index (κ3) is 4.09. The molecule has 3 heterocycles. The number of nitrogen functional groups attached to an aromatic ring is 1. The van der Waals surface area contributed by atoms with Crippen LogP contribution in [0.3, 0.4) is 0 Å². The fourth-order valence-electron chi connectivity index (χ4n) is 3.86. The third-order valence-corrected chi connectivity index (χ3v) is 5.50. The summed E-state index contributed by atoms with van der Waals surface area (Å²) in [7, 11) is 1.41. The molecular weight excluding hydrogens is 434 g/mol. The van der Waals surface area contributed by atoms with Gasteiger partial charge in [-0.1, -0.05) is 30.3 Å². The molecule has 1 aliphatic rings. The molecule has 13 heteroatoms. The van der Waals surface area contributed by atoms with E-state index in [1.165, 1.54) is 24.3 Å². The molecule has 3 aromatic rings. The zero-order chi connectivity index (χ0) is 23.7. The lowest BCUT2D eigenvalue weighted by atomic mass is 10.0. The lowest BCUT2D eigenvalue weighted by molar-refractivity contribution is -0.152. The van der Waals surface area contributed by atoms with Crippen molar-refractivity contribution < 1.29 is 29.3 Å². The Morgan fingerprint density at radius 2 is 1.97 bits per heavy atom. The Bertz CT molecular complexity index is 1160. The van der Waals surface area contributed by atoms with Crippen molar-refractivity contribution in [2.45, 2.75) is 36.6 Å². The van der Waals surface area contributed by atoms with Gasteiger partial charge in [-0.2, -0.15) is 0 Å². The molecule has 1 fully saturated rings. The van der Waals surface area contributed by atoms with Gasteiger partial charge in [0, 0.05) is 7.11 Å². The maximum Gasteiger partial charge on any atom is 0.335 e. The number of amides is 1. The van der Waals surface area contributed by atoms with E-state index in [9.17, 15) is 19.8 Å². The number of ether oxygens (including phenoxy) is 2. The molecule has 1 aliphatic heterocycles. The van der Waals surface area contributed by atoms with E-state index in [1.54, 1.807) is 24.3 Å². The number of carboxylic acids is 1. The van der Waals surface area contributed by atoms with Gasteiger partial charge in [0.1, 0.15) is 30.1 Å². The number of carbonyl (C=O) groups is 2. The molecule has 0 saturated carbocycles. The summed E-state index contributed by atoms with van der Waals surface area (Å²) in [6.07, 6.45) is -2.52. The van der Waals surface area contributed by atoms with Gasteiger partial charge in [0.05, 0.1) is 12.4 Å². The van der Waals surface area contributed by atoms with Crippen LogP contribution in [-0.2, 0) is 19.1 Å². The molecule has 33 heavy (non-hydrogen) atoms. The van der Waals surface area contributed by atoms with Crippen LogP contribution < -0.4 is 16.8 Å². The molecule has 6 atom stereocenters. The molecule has 7 N–H and O–H groups in total. The highest BCUT2D eigenvalue weighted by Gasteiger charge is 2.50. The number of aliphatic hydroxyl groups excluding tert-OH is 1. The molecule has 1 aromatic carbocycles. The molecule has 0 spiro atoms. The largest absolute Gasteiger partial charge is 0.479 e. The van der Waals surface area contributed by atoms with Gasteiger partial charge < -0.3 is 36.5 Å². The number of carboxylic acid groups (broad SMARTS) is 1. The minimum atomic E-state index is -1.56. The molecule has 0 radical (unpaired) electrons. The van der Waals surface area contributed by atoms with Gasteiger partial charge in [-0.3, -0.25) is 9.36 Å². The van der Waals surface area contributed by atoms with E-state index >= 15 is 0 Å². The van der Waals surface area contributed by atoms with E-state index in [4.69, 9.17) is 20.9 Å². The standard InChI is InChI=1S/C20H23N7O6/c1-32-14(9-5-3-2-4-6-9)10(21)18(29)26-11-13(28)19(33-15(11)20(30)31)27-8-25-12-16(22)23-7-24-17(12)27/h2-8,10-11,13-15,19,28H,21H2,1H3,(H,26,29)(H,30,31)(H2,22,23,24)/t10?,11-,13+,14?,15-,19+/m0/s1. The number of fused-ring (bicyclic) bond motifs is 1. The number of aliphatic carboxylic acids is 1. The van der Waals surface area contributed by atoms with Crippen LogP contribution in [0.5, 0.6) is 0 Å². The monoisotopic (exact) mass is 457 g/mol. The van der Waals surface area contributed by atoms with Crippen molar-refractivity contribution in [2.75, 3.05) is 12.8 Å². The Morgan fingerprint density at radius 3 is 2.64 bits per heavy atom. The zero-order valence-electron chi connectivity index (χ0n) is 17.5. The van der Waals surface area contributed by atoms with Crippen molar-refractivity contribution in [3.8, 4) is 0 Å². The van der Waals surface area contributed by atoms with Gasteiger partial charge in [0.25, 0.3) is 0 Å². The number of benzene rings is 1. The Balaban J connectivity index is 1.58. The molecule has 2 unspecified atom stereocenters. The van der Waals surface area contributed by atoms with E-state index in [1.807, 2.05) is 6.07 Å². The number of rotatable bonds is 7. The van der Waals surface area contributed by atoms with E-state index in [0.29, 0.717) is 5.56 Å². The van der Waals surface area contributed by atoms with E-state index in [2.05, 4.69) is 20.3 Å². The number of nitrogens with two attached hydrogens (primary N) is 2. The third-order valence-electron chi connectivity index (χ3n) is 5.50. The normalized spacial score (nSPS) is 24.5. The molecule has 4 rings (SSSR count). The van der Waals surface area contributed by atoms with Crippen molar-refractivity contribution >= 4 is 28.9 Å². The number of anilines is 1. The number of methoxy groups -OCH3 is 1. The number of aromatic nitrogens is 4. The van der Waals surface area contributed by atoms with Gasteiger partial charge >= 0.3 is 5.97 Å². The van der Waals surface area contributed by atoms with Crippen LogP contribution in [0.4, 0.5) is 5.82 Å². The summed E-state index contributed by atoms with van der Waals surface area (Å²) in [5.74, 6) is -1.98. The van der Waals surface area contributed by atoms with Crippen molar-refractivity contribution in [2.24, 2.45) is 5.73 Å². The number of nitrogens with zero attached hydrogens (tertiary/aromatic N) is 4. The Hall–Kier alpha value is -3.65. The number of aliphatic hydroxyl groups is 1. The SMILES string of the molecule is COC(c1ccccc1)C(N)C(=O)N[C@H]1[C@@H](O)[C@H](n2cnc3c(N)ncnc32)O[C@@H]1C(=O)O. The molecule has 13 nitrogen and oxygen atoms in total. The average Bonchev–Trinajstić information content (AvgIpc) is 3.37. The topological polar surface area (TPSA) is 201 Å². The van der Waals surface area contributed by atoms with Gasteiger partial charge in [0.2, 0.25) is 5.91 Å². The lowest BCUT2D eigenvalue weighted by Crippen LogP contribution is -2.55. The summed E-state index contributed by atoms with van der Waals surface area (Å²) in [6.45, 7) is 0. The molecule has 0 aliphatic carbocycles. The fraction of sp³-hybridized carbons (Fsp3) is 0.350. The molecular formula is C20H23N7O6. The summed E-state index contributed by atoms with van der Waals surface area (Å²) < 4.78 is 12.3. The summed E-state index contributed by atoms with van der Waals surface area (Å²) in [5.41, 5.74) is 13.1. The van der Waals surface area contributed by atoms with Crippen LogP contribution >= 0.6 is 0 Å². The second kappa shape index (κ2) is 9.07. The molecule has 1 saturated heterocycles. The van der Waals surface area contributed by atoms with Crippen LogP contribution in [0.2, 0.25) is 0 Å². The molecule has 1 amide bonds. The predicted octanol–water partition coefficient (Wildman–Crippen LogP) is -1.05. The number of nitrogens with one attached hydrogen (secondary N) is 1. The van der Waals surface area contributed by atoms with E-state index < -0.39 is 48.5 Å². The van der Waals surface area contributed by atoms with Crippen LogP contribution in [0.1, 0.15) is 17.9 Å². The maximum atomic E-state index is 12.9. The van der Waals surface area contributed by atoms with Gasteiger partial charge in [-0.15, -0.1) is 0 Å². The highest BCUT2D eigenvalue weighted by atomic mass is 16.6. The second-order valence-corrected chi connectivity index (χ2v) is 7.49. The Kier molecular flexibility index (Phi) is 6.20. The lowest BCUT2D eigenvalue weighted by Gasteiger charge is -2.26. The molecule has 0 bridgehead atoms. The quantitative estimate of drug-likeness (QED) is 0.290. The number of imidazole rings is 1. The van der Waals surface area contributed by atoms with Crippen molar-refractivity contribution in [3.63, 3.8) is 0 Å². The zero-order valence-corrected chi connectivity index (χ0v) is 17.5. The summed E-state index contributed by atoms with van der Waals surface area (Å²) in [5, 5.41) is 23.1. The first-order valence-corrected chi connectivity index (χ1v) is 9.96. The van der Waals surface area contributed by atoms with Gasteiger partial charge in [-0.25, -0.2) is 19.7 Å². The summed E-state index contributed by atoms with van der Waals surface area (Å²) >= 11 is 0. The van der Waals surface area contributed by atoms with Gasteiger partial charge in [0.15, 0.2) is 23.8 Å². The first kappa shape index (κ1) is 22.5. The second-order valence-electron chi connectivity index (χ2n) is 7.49. The summed E-state index contributed by atoms with van der Waals surface area (Å²) in [4.78, 5) is 36.8. The first-order chi connectivity index (χ1) is 15.8. The Labute approximate surface area is 187 Å². The number of hydrogen-bond donors (Lipinski definition) is 5. The van der Waals surface area contributed by atoms with Crippen LogP contribution in [-0.4, -0.2) is 73.0 Å².